The van der Waals surface area contributed by atoms with Crippen molar-refractivity contribution in [3.8, 4) is 0 Å². The van der Waals surface area contributed by atoms with E-state index in [-0.39, 0.29) is 12.1 Å². The average Bonchev–Trinajstić information content (AvgIpc) is 2.37. The van der Waals surface area contributed by atoms with E-state index in [1.165, 1.54) is 0 Å². The predicted molar refractivity (Wildman–Crippen MR) is 41.2 cm³/mol. The van der Waals surface area contributed by atoms with Crippen LogP contribution in [0.5, 0.6) is 0 Å². The largest absolute Gasteiger partial charge is 0.377 e. The lowest BCUT2D eigenvalue weighted by Crippen LogP contribution is -2.34. The lowest BCUT2D eigenvalue weighted by Gasteiger charge is -2.12. The minimum atomic E-state index is -0.341. The summed E-state index contributed by atoms with van der Waals surface area (Å²) in [5.74, 6) is 0. The molecule has 1 heterocycles. The van der Waals surface area contributed by atoms with Crippen LogP contribution >= 0.6 is 0 Å². The Kier molecular flexibility index (Phi) is 2.70. The van der Waals surface area contributed by atoms with Crippen LogP contribution in [0.2, 0.25) is 0 Å². The van der Waals surface area contributed by atoms with Gasteiger partial charge in [0, 0.05) is 19.7 Å². The van der Waals surface area contributed by atoms with Crippen molar-refractivity contribution in [2.45, 2.75) is 19.4 Å². The second-order valence-corrected chi connectivity index (χ2v) is 2.65. The van der Waals surface area contributed by atoms with Gasteiger partial charge in [-0.3, -0.25) is 0 Å². The van der Waals surface area contributed by atoms with Crippen molar-refractivity contribution in [3.63, 3.8) is 0 Å². The third-order valence-corrected chi connectivity index (χ3v) is 1.86. The summed E-state index contributed by atoms with van der Waals surface area (Å²) in [6.07, 6.45) is 1.11. The van der Waals surface area contributed by atoms with Gasteiger partial charge in [-0.2, -0.15) is 0 Å². The van der Waals surface area contributed by atoms with E-state index >= 15 is 0 Å². The van der Waals surface area contributed by atoms with Crippen LogP contribution < -0.4 is 5.73 Å². The maximum absolute atomic E-state index is 10.6. The number of amides is 2. The first-order chi connectivity index (χ1) is 5.24. The van der Waals surface area contributed by atoms with Crippen LogP contribution in [0.25, 0.3) is 0 Å². The fraction of sp³-hybridized carbons (Fsp3) is 0.857. The summed E-state index contributed by atoms with van der Waals surface area (Å²) >= 11 is 0. The molecule has 1 aliphatic heterocycles. The van der Waals surface area contributed by atoms with Gasteiger partial charge in [0.05, 0.1) is 6.10 Å². The SMILES string of the molecule is CCOC1CCN(C(N)=O)C1. The Hall–Kier alpha value is -0.770. The predicted octanol–water partition coefficient (Wildman–Crippen LogP) is 0.176. The van der Waals surface area contributed by atoms with Gasteiger partial charge in [0.15, 0.2) is 0 Å². The number of rotatable bonds is 2. The number of ether oxygens (including phenoxy) is 1. The quantitative estimate of drug-likeness (QED) is 0.623. The molecule has 0 aromatic heterocycles. The van der Waals surface area contributed by atoms with Crippen LogP contribution in [-0.2, 0) is 4.74 Å². The van der Waals surface area contributed by atoms with E-state index < -0.39 is 0 Å². The van der Waals surface area contributed by atoms with E-state index in [1.807, 2.05) is 6.92 Å². The van der Waals surface area contributed by atoms with E-state index in [4.69, 9.17) is 10.5 Å². The molecule has 0 bridgehead atoms. The molecule has 4 nitrogen and oxygen atoms in total. The molecule has 0 saturated carbocycles. The Morgan fingerprint density at radius 1 is 1.82 bits per heavy atom. The Balaban J connectivity index is 2.29. The van der Waals surface area contributed by atoms with Crippen molar-refractivity contribution in [2.24, 2.45) is 5.73 Å². The zero-order chi connectivity index (χ0) is 8.27. The molecule has 1 aliphatic rings. The Morgan fingerprint density at radius 3 is 3.00 bits per heavy atom. The Labute approximate surface area is 66.3 Å². The fourth-order valence-corrected chi connectivity index (χ4v) is 1.30. The maximum Gasteiger partial charge on any atom is 0.314 e. The minimum Gasteiger partial charge on any atom is -0.377 e. The van der Waals surface area contributed by atoms with E-state index in [2.05, 4.69) is 0 Å². The molecule has 0 spiro atoms. The number of nitrogens with zero attached hydrogens (tertiary/aromatic N) is 1. The minimum absolute atomic E-state index is 0.201. The van der Waals surface area contributed by atoms with Crippen LogP contribution in [0.3, 0.4) is 0 Å². The monoisotopic (exact) mass is 158 g/mol. The maximum atomic E-state index is 10.6. The summed E-state index contributed by atoms with van der Waals surface area (Å²) in [5.41, 5.74) is 5.09. The zero-order valence-corrected chi connectivity index (χ0v) is 6.75. The highest BCUT2D eigenvalue weighted by Gasteiger charge is 2.24. The molecule has 0 aliphatic carbocycles. The molecule has 1 unspecified atom stereocenters. The first kappa shape index (κ1) is 8.33. The van der Waals surface area contributed by atoms with E-state index in [9.17, 15) is 4.79 Å². The normalized spacial score (nSPS) is 24.1. The smallest absolute Gasteiger partial charge is 0.314 e. The Morgan fingerprint density at radius 2 is 2.55 bits per heavy atom. The number of primary amides is 1. The Bertz CT molecular complexity index is 149. The average molecular weight is 158 g/mol. The van der Waals surface area contributed by atoms with Gasteiger partial charge in [-0.1, -0.05) is 0 Å². The van der Waals surface area contributed by atoms with Gasteiger partial charge in [-0.15, -0.1) is 0 Å². The van der Waals surface area contributed by atoms with Crippen molar-refractivity contribution >= 4 is 6.03 Å². The molecule has 4 heteroatoms. The lowest BCUT2D eigenvalue weighted by molar-refractivity contribution is 0.0714. The van der Waals surface area contributed by atoms with Crippen LogP contribution in [0, 0.1) is 0 Å². The van der Waals surface area contributed by atoms with Crippen molar-refractivity contribution in [1.29, 1.82) is 0 Å². The topological polar surface area (TPSA) is 55.6 Å². The van der Waals surface area contributed by atoms with Crippen LogP contribution in [0.1, 0.15) is 13.3 Å². The molecule has 2 N–H and O–H groups in total. The molecule has 1 atom stereocenters. The molecule has 1 saturated heterocycles. The fourth-order valence-electron chi connectivity index (χ4n) is 1.30. The summed E-state index contributed by atoms with van der Waals surface area (Å²) < 4.78 is 5.33. The molecule has 1 fully saturated rings. The van der Waals surface area contributed by atoms with Crippen LogP contribution in [0.15, 0.2) is 0 Å². The standard InChI is InChI=1S/C7H14N2O2/c1-2-11-6-3-4-9(5-6)7(8)10/h6H,2-5H2,1H3,(H2,8,10). The summed E-state index contributed by atoms with van der Waals surface area (Å²) in [5, 5.41) is 0. The van der Waals surface area contributed by atoms with Crippen molar-refractivity contribution in [3.05, 3.63) is 0 Å². The van der Waals surface area contributed by atoms with E-state index in [0.717, 1.165) is 13.0 Å². The number of carbonyl (C=O) groups is 1. The summed E-state index contributed by atoms with van der Waals surface area (Å²) in [4.78, 5) is 12.3. The van der Waals surface area contributed by atoms with E-state index in [1.54, 1.807) is 4.90 Å². The molecule has 0 aromatic rings. The second-order valence-electron chi connectivity index (χ2n) is 2.65. The van der Waals surface area contributed by atoms with Gasteiger partial charge in [0.2, 0.25) is 0 Å². The van der Waals surface area contributed by atoms with Crippen molar-refractivity contribution in [2.75, 3.05) is 19.7 Å². The first-order valence-corrected chi connectivity index (χ1v) is 3.90. The second kappa shape index (κ2) is 3.57. The zero-order valence-electron chi connectivity index (χ0n) is 6.75. The van der Waals surface area contributed by atoms with Gasteiger partial charge in [0.25, 0.3) is 0 Å². The molecular weight excluding hydrogens is 144 g/mol. The number of hydrogen-bond acceptors (Lipinski definition) is 2. The third-order valence-electron chi connectivity index (χ3n) is 1.86. The van der Waals surface area contributed by atoms with Gasteiger partial charge < -0.3 is 15.4 Å². The van der Waals surface area contributed by atoms with Crippen LogP contribution in [-0.4, -0.2) is 36.7 Å². The highest BCUT2D eigenvalue weighted by molar-refractivity contribution is 5.72. The molecule has 64 valence electrons. The lowest BCUT2D eigenvalue weighted by atomic mass is 10.3. The highest BCUT2D eigenvalue weighted by atomic mass is 16.5. The summed E-state index contributed by atoms with van der Waals surface area (Å²) in [7, 11) is 0. The van der Waals surface area contributed by atoms with Gasteiger partial charge in [0.1, 0.15) is 0 Å². The summed E-state index contributed by atoms with van der Waals surface area (Å²) in [6.45, 7) is 4.05. The molecule has 1 rings (SSSR count). The van der Waals surface area contributed by atoms with Crippen LogP contribution in [0.4, 0.5) is 4.79 Å². The number of nitrogens with two attached hydrogens (primary N) is 1. The number of urea groups is 1. The van der Waals surface area contributed by atoms with Crippen molar-refractivity contribution < 1.29 is 9.53 Å². The van der Waals surface area contributed by atoms with Gasteiger partial charge in [-0.25, -0.2) is 4.79 Å². The number of carbonyl (C=O) groups excluding carboxylic acids is 1. The summed E-state index contributed by atoms with van der Waals surface area (Å²) in [6, 6.07) is -0.341. The van der Waals surface area contributed by atoms with Gasteiger partial charge >= 0.3 is 6.03 Å². The molecule has 0 aromatic carbocycles. The van der Waals surface area contributed by atoms with E-state index in [0.29, 0.717) is 13.2 Å². The van der Waals surface area contributed by atoms with Gasteiger partial charge in [-0.05, 0) is 13.3 Å². The number of hydrogen-bond donors (Lipinski definition) is 1. The molecule has 2 amide bonds. The molecular formula is C7H14N2O2. The van der Waals surface area contributed by atoms with Crippen molar-refractivity contribution in [1.82, 2.24) is 4.90 Å². The first-order valence-electron chi connectivity index (χ1n) is 3.90. The molecule has 11 heavy (non-hydrogen) atoms. The third kappa shape index (κ3) is 2.08. The number of likely N-dealkylation sites (tertiary alicyclic amines) is 1. The molecule has 0 radical (unpaired) electrons. The highest BCUT2D eigenvalue weighted by Crippen LogP contribution is 2.11.